The third-order valence-corrected chi connectivity index (χ3v) is 3.03. The summed E-state index contributed by atoms with van der Waals surface area (Å²) >= 11 is 2.14. The molecule has 0 aromatic carbocycles. The van der Waals surface area contributed by atoms with Crippen LogP contribution in [-0.2, 0) is 6.54 Å². The van der Waals surface area contributed by atoms with Gasteiger partial charge in [-0.15, -0.1) is 0 Å². The summed E-state index contributed by atoms with van der Waals surface area (Å²) in [6.07, 6.45) is 0.890. The van der Waals surface area contributed by atoms with E-state index < -0.39 is 0 Å². The van der Waals surface area contributed by atoms with Crippen molar-refractivity contribution in [2.75, 3.05) is 6.61 Å². The van der Waals surface area contributed by atoms with Crippen molar-refractivity contribution in [2.24, 2.45) is 0 Å². The van der Waals surface area contributed by atoms with Gasteiger partial charge >= 0.3 is 0 Å². The van der Waals surface area contributed by atoms with Gasteiger partial charge in [0.25, 0.3) is 0 Å². The van der Waals surface area contributed by atoms with Crippen molar-refractivity contribution in [1.29, 1.82) is 0 Å². The largest absolute Gasteiger partial charge is 0.454 e. The number of halogens is 1. The first-order chi connectivity index (χ1) is 6.59. The summed E-state index contributed by atoms with van der Waals surface area (Å²) in [5.74, 6) is 0.905. The maximum Gasteiger partial charge on any atom is 0.164 e. The maximum atomic E-state index is 9.17. The predicted octanol–water partition coefficient (Wildman–Crippen LogP) is 2.13. The van der Waals surface area contributed by atoms with Gasteiger partial charge in [0.1, 0.15) is 5.76 Å². The van der Waals surface area contributed by atoms with Gasteiger partial charge in [-0.05, 0) is 48.1 Å². The first-order valence-electron chi connectivity index (χ1n) is 4.70. The molecule has 1 aromatic heterocycles. The van der Waals surface area contributed by atoms with E-state index >= 15 is 0 Å². The summed E-state index contributed by atoms with van der Waals surface area (Å²) < 4.78 is 6.30. The second-order valence-corrected chi connectivity index (χ2v) is 4.69. The van der Waals surface area contributed by atoms with Gasteiger partial charge in [-0.1, -0.05) is 6.92 Å². The van der Waals surface area contributed by atoms with Crippen LogP contribution < -0.4 is 5.32 Å². The van der Waals surface area contributed by atoms with Crippen molar-refractivity contribution in [2.45, 2.75) is 32.4 Å². The lowest BCUT2D eigenvalue weighted by Crippen LogP contribution is -2.44. The summed E-state index contributed by atoms with van der Waals surface area (Å²) in [5.41, 5.74) is -0.210. The highest BCUT2D eigenvalue weighted by molar-refractivity contribution is 14.1. The highest BCUT2D eigenvalue weighted by atomic mass is 127. The monoisotopic (exact) mass is 309 g/mol. The summed E-state index contributed by atoms with van der Waals surface area (Å²) in [4.78, 5) is 0. The predicted molar refractivity (Wildman–Crippen MR) is 64.0 cm³/mol. The van der Waals surface area contributed by atoms with Gasteiger partial charge in [0.2, 0.25) is 0 Å². The summed E-state index contributed by atoms with van der Waals surface area (Å²) in [5, 5.41) is 12.5. The average Bonchev–Trinajstić information content (AvgIpc) is 2.61. The molecule has 0 spiro atoms. The second-order valence-electron chi connectivity index (χ2n) is 3.63. The number of furan rings is 1. The zero-order valence-electron chi connectivity index (χ0n) is 8.51. The van der Waals surface area contributed by atoms with Gasteiger partial charge in [-0.3, -0.25) is 0 Å². The number of aliphatic hydroxyl groups is 1. The van der Waals surface area contributed by atoms with Crippen molar-refractivity contribution in [3.05, 3.63) is 21.7 Å². The van der Waals surface area contributed by atoms with Gasteiger partial charge in [0.05, 0.1) is 13.2 Å². The van der Waals surface area contributed by atoms with E-state index in [1.807, 2.05) is 19.1 Å². The third-order valence-electron chi connectivity index (χ3n) is 2.45. The van der Waals surface area contributed by atoms with Crippen LogP contribution in [0.3, 0.4) is 0 Å². The average molecular weight is 309 g/mol. The molecule has 0 saturated heterocycles. The molecule has 1 aromatic rings. The molecule has 14 heavy (non-hydrogen) atoms. The molecule has 1 atom stereocenters. The molecule has 3 nitrogen and oxygen atoms in total. The normalized spacial score (nSPS) is 15.4. The van der Waals surface area contributed by atoms with Gasteiger partial charge in [-0.2, -0.15) is 0 Å². The van der Waals surface area contributed by atoms with Crippen molar-refractivity contribution in [3.8, 4) is 0 Å². The zero-order chi connectivity index (χ0) is 10.6. The first kappa shape index (κ1) is 12.0. The lowest BCUT2D eigenvalue weighted by molar-refractivity contribution is 0.166. The Morgan fingerprint density at radius 1 is 1.57 bits per heavy atom. The van der Waals surface area contributed by atoms with Crippen molar-refractivity contribution >= 4 is 22.6 Å². The molecule has 0 aliphatic rings. The van der Waals surface area contributed by atoms with Crippen LogP contribution in [0.25, 0.3) is 0 Å². The number of hydrogen-bond acceptors (Lipinski definition) is 3. The Labute approximate surface area is 98.0 Å². The Bertz CT molecular complexity index is 281. The molecule has 1 heterocycles. The number of hydrogen-bond donors (Lipinski definition) is 2. The molecular weight excluding hydrogens is 293 g/mol. The molecule has 0 aliphatic heterocycles. The van der Waals surface area contributed by atoms with E-state index in [0.717, 1.165) is 15.9 Å². The highest BCUT2D eigenvalue weighted by Gasteiger charge is 2.20. The first-order valence-corrected chi connectivity index (χ1v) is 5.77. The van der Waals surface area contributed by atoms with Crippen LogP contribution >= 0.6 is 22.6 Å². The van der Waals surface area contributed by atoms with Crippen LogP contribution in [0.4, 0.5) is 0 Å². The molecule has 1 unspecified atom stereocenters. The van der Waals surface area contributed by atoms with Crippen molar-refractivity contribution in [1.82, 2.24) is 5.32 Å². The van der Waals surface area contributed by atoms with Crippen LogP contribution in [0.5, 0.6) is 0 Å². The molecule has 80 valence electrons. The second kappa shape index (κ2) is 5.14. The standard InChI is InChI=1S/C10H16INO2/c1-3-10(2,7-13)12-6-8-4-5-9(11)14-8/h4-5,12-13H,3,6-7H2,1-2H3. The quantitative estimate of drug-likeness (QED) is 0.819. The fraction of sp³-hybridized carbons (Fsp3) is 0.600. The van der Waals surface area contributed by atoms with Crippen LogP contribution in [0.1, 0.15) is 26.0 Å². The number of aliphatic hydroxyl groups excluding tert-OH is 1. The van der Waals surface area contributed by atoms with Gasteiger partial charge in [-0.25, -0.2) is 0 Å². The zero-order valence-corrected chi connectivity index (χ0v) is 10.7. The van der Waals surface area contributed by atoms with Crippen LogP contribution in [-0.4, -0.2) is 17.3 Å². The van der Waals surface area contributed by atoms with E-state index in [-0.39, 0.29) is 12.1 Å². The minimum atomic E-state index is -0.210. The van der Waals surface area contributed by atoms with Crippen molar-refractivity contribution < 1.29 is 9.52 Å². The van der Waals surface area contributed by atoms with Crippen LogP contribution in [0.15, 0.2) is 16.5 Å². The Morgan fingerprint density at radius 2 is 2.29 bits per heavy atom. The fourth-order valence-corrected chi connectivity index (χ4v) is 1.50. The SMILES string of the molecule is CCC(C)(CO)NCc1ccc(I)o1. The number of rotatable bonds is 5. The van der Waals surface area contributed by atoms with E-state index in [0.29, 0.717) is 6.54 Å². The summed E-state index contributed by atoms with van der Waals surface area (Å²) in [6, 6.07) is 3.88. The summed E-state index contributed by atoms with van der Waals surface area (Å²) in [6.45, 7) is 4.85. The fourth-order valence-electron chi connectivity index (χ4n) is 1.04. The molecule has 4 heteroatoms. The molecule has 0 saturated carbocycles. The Kier molecular flexibility index (Phi) is 4.40. The topological polar surface area (TPSA) is 45.4 Å². The minimum Gasteiger partial charge on any atom is -0.454 e. The van der Waals surface area contributed by atoms with Crippen LogP contribution in [0.2, 0.25) is 0 Å². The molecule has 0 aliphatic carbocycles. The van der Waals surface area contributed by atoms with Crippen molar-refractivity contribution in [3.63, 3.8) is 0 Å². The molecule has 2 N–H and O–H groups in total. The lowest BCUT2D eigenvalue weighted by atomic mass is 10.0. The molecule has 0 bridgehead atoms. The van der Waals surface area contributed by atoms with Gasteiger partial charge in [0.15, 0.2) is 3.77 Å². The smallest absolute Gasteiger partial charge is 0.164 e. The molecular formula is C10H16INO2. The Balaban J connectivity index is 2.47. The van der Waals surface area contributed by atoms with Gasteiger partial charge in [0, 0.05) is 5.54 Å². The van der Waals surface area contributed by atoms with E-state index in [1.54, 1.807) is 0 Å². The maximum absolute atomic E-state index is 9.17. The molecule has 0 fully saturated rings. The lowest BCUT2D eigenvalue weighted by Gasteiger charge is -2.26. The molecule has 1 rings (SSSR count). The van der Waals surface area contributed by atoms with E-state index in [4.69, 9.17) is 4.42 Å². The highest BCUT2D eigenvalue weighted by Crippen LogP contribution is 2.13. The van der Waals surface area contributed by atoms with Gasteiger partial charge < -0.3 is 14.8 Å². The van der Waals surface area contributed by atoms with E-state index in [2.05, 4.69) is 34.8 Å². The van der Waals surface area contributed by atoms with E-state index in [9.17, 15) is 5.11 Å². The number of nitrogens with one attached hydrogen (secondary N) is 1. The Hall–Kier alpha value is -0.0700. The minimum absolute atomic E-state index is 0.140. The summed E-state index contributed by atoms with van der Waals surface area (Å²) in [7, 11) is 0. The Morgan fingerprint density at radius 3 is 2.71 bits per heavy atom. The molecule has 0 radical (unpaired) electrons. The van der Waals surface area contributed by atoms with E-state index in [1.165, 1.54) is 0 Å². The molecule has 0 amide bonds. The van der Waals surface area contributed by atoms with Crippen LogP contribution in [0, 0.1) is 3.77 Å². The third kappa shape index (κ3) is 3.25.